The van der Waals surface area contributed by atoms with E-state index in [1.54, 1.807) is 12.1 Å². The second-order valence-corrected chi connectivity index (χ2v) is 3.08. The standard InChI is InChI=1S/C9H5ClN2O3/c10-8-6(9(13)14)7(15-12-8)5-1-3-11-4-2-5/h1-4H,(H,13,14). The molecule has 6 heteroatoms. The summed E-state index contributed by atoms with van der Waals surface area (Å²) in [5.41, 5.74) is 0.435. The number of carboxylic acids is 1. The Bertz CT molecular complexity index is 495. The third kappa shape index (κ3) is 1.69. The van der Waals surface area contributed by atoms with Gasteiger partial charge in [0.05, 0.1) is 0 Å². The minimum Gasteiger partial charge on any atom is -0.477 e. The minimum absolute atomic E-state index is 0.134. The lowest BCUT2D eigenvalue weighted by atomic mass is 10.1. The van der Waals surface area contributed by atoms with Crippen LogP contribution in [0.25, 0.3) is 11.3 Å². The highest BCUT2D eigenvalue weighted by Crippen LogP contribution is 2.28. The fourth-order valence-electron chi connectivity index (χ4n) is 1.16. The van der Waals surface area contributed by atoms with E-state index in [9.17, 15) is 4.79 Å². The lowest BCUT2D eigenvalue weighted by Gasteiger charge is -1.95. The fraction of sp³-hybridized carbons (Fsp3) is 0. The number of nitrogens with zero attached hydrogens (tertiary/aromatic N) is 2. The summed E-state index contributed by atoms with van der Waals surface area (Å²) in [5, 5.41) is 12.1. The van der Waals surface area contributed by atoms with Crippen LogP contribution in [0.2, 0.25) is 5.15 Å². The van der Waals surface area contributed by atoms with Gasteiger partial charge in [0, 0.05) is 18.0 Å². The largest absolute Gasteiger partial charge is 0.477 e. The van der Waals surface area contributed by atoms with E-state index in [-0.39, 0.29) is 16.5 Å². The van der Waals surface area contributed by atoms with Crippen molar-refractivity contribution in [2.75, 3.05) is 0 Å². The number of aromatic nitrogens is 2. The predicted molar refractivity (Wildman–Crippen MR) is 51.7 cm³/mol. The monoisotopic (exact) mass is 224 g/mol. The lowest BCUT2D eigenvalue weighted by molar-refractivity contribution is 0.0697. The molecule has 0 unspecified atom stereocenters. The van der Waals surface area contributed by atoms with Crippen molar-refractivity contribution in [2.45, 2.75) is 0 Å². The molecule has 0 fully saturated rings. The molecule has 2 aromatic rings. The molecule has 2 aromatic heterocycles. The van der Waals surface area contributed by atoms with Gasteiger partial charge in [-0.05, 0) is 12.1 Å². The van der Waals surface area contributed by atoms with Crippen LogP contribution in [0.1, 0.15) is 10.4 Å². The number of carbonyl (C=O) groups is 1. The van der Waals surface area contributed by atoms with Crippen molar-refractivity contribution in [3.05, 3.63) is 35.2 Å². The van der Waals surface area contributed by atoms with Crippen LogP contribution in [0, 0.1) is 0 Å². The third-order valence-electron chi connectivity index (χ3n) is 1.81. The topological polar surface area (TPSA) is 76.2 Å². The molecule has 0 aliphatic rings. The van der Waals surface area contributed by atoms with Crippen LogP contribution in [0.5, 0.6) is 0 Å². The molecule has 0 bridgehead atoms. The number of hydrogen-bond donors (Lipinski definition) is 1. The molecule has 0 saturated carbocycles. The Morgan fingerprint density at radius 3 is 2.67 bits per heavy atom. The molecule has 2 heterocycles. The number of halogens is 1. The third-order valence-corrected chi connectivity index (χ3v) is 2.06. The van der Waals surface area contributed by atoms with Gasteiger partial charge in [-0.25, -0.2) is 4.79 Å². The van der Waals surface area contributed by atoms with Gasteiger partial charge in [0.15, 0.2) is 10.9 Å². The fourth-order valence-corrected chi connectivity index (χ4v) is 1.36. The lowest BCUT2D eigenvalue weighted by Crippen LogP contribution is -1.97. The summed E-state index contributed by atoms with van der Waals surface area (Å²) in [7, 11) is 0. The van der Waals surface area contributed by atoms with Gasteiger partial charge in [-0.2, -0.15) is 0 Å². The zero-order chi connectivity index (χ0) is 10.8. The molecule has 0 spiro atoms. The molecule has 0 saturated heterocycles. The van der Waals surface area contributed by atoms with Crippen LogP contribution in [0.3, 0.4) is 0 Å². The van der Waals surface area contributed by atoms with Crippen molar-refractivity contribution in [1.29, 1.82) is 0 Å². The highest BCUT2D eigenvalue weighted by molar-refractivity contribution is 6.32. The first kappa shape index (κ1) is 9.67. The molecule has 76 valence electrons. The maximum Gasteiger partial charge on any atom is 0.342 e. The van der Waals surface area contributed by atoms with E-state index in [1.807, 2.05) is 0 Å². The molecule has 0 radical (unpaired) electrons. The van der Waals surface area contributed by atoms with Gasteiger partial charge in [0.2, 0.25) is 0 Å². The molecule has 0 aliphatic carbocycles. The van der Waals surface area contributed by atoms with E-state index in [4.69, 9.17) is 21.2 Å². The molecule has 1 N–H and O–H groups in total. The molecular formula is C9H5ClN2O3. The SMILES string of the molecule is O=C(O)c1c(Cl)noc1-c1ccncc1. The van der Waals surface area contributed by atoms with E-state index in [2.05, 4.69) is 10.1 Å². The number of aromatic carboxylic acids is 1. The molecule has 0 aliphatic heterocycles. The van der Waals surface area contributed by atoms with Gasteiger partial charge in [-0.3, -0.25) is 4.98 Å². The van der Waals surface area contributed by atoms with Crippen molar-refractivity contribution >= 4 is 17.6 Å². The molecular weight excluding hydrogens is 220 g/mol. The van der Waals surface area contributed by atoms with Crippen LogP contribution in [-0.4, -0.2) is 21.2 Å². The van der Waals surface area contributed by atoms with Gasteiger partial charge in [0.1, 0.15) is 5.56 Å². The summed E-state index contributed by atoms with van der Waals surface area (Å²) < 4.78 is 4.85. The summed E-state index contributed by atoms with van der Waals surface area (Å²) in [6.45, 7) is 0. The second kappa shape index (κ2) is 3.70. The Hall–Kier alpha value is -1.88. The van der Waals surface area contributed by atoms with Crippen molar-refractivity contribution in [3.8, 4) is 11.3 Å². The first-order valence-electron chi connectivity index (χ1n) is 3.99. The summed E-state index contributed by atoms with van der Waals surface area (Å²) >= 11 is 5.59. The second-order valence-electron chi connectivity index (χ2n) is 2.72. The molecule has 0 atom stereocenters. The number of pyridine rings is 1. The van der Waals surface area contributed by atoms with E-state index in [1.165, 1.54) is 12.4 Å². The normalized spacial score (nSPS) is 10.2. The van der Waals surface area contributed by atoms with Crippen molar-refractivity contribution in [2.24, 2.45) is 0 Å². The van der Waals surface area contributed by atoms with Crippen molar-refractivity contribution in [1.82, 2.24) is 10.1 Å². The maximum atomic E-state index is 10.9. The highest BCUT2D eigenvalue weighted by atomic mass is 35.5. The summed E-state index contributed by atoms with van der Waals surface area (Å²) in [5.74, 6) is -1.04. The van der Waals surface area contributed by atoms with Crippen LogP contribution in [0.4, 0.5) is 0 Å². The first-order valence-corrected chi connectivity index (χ1v) is 4.37. The number of rotatable bonds is 2. The van der Waals surface area contributed by atoms with E-state index < -0.39 is 5.97 Å². The Kier molecular flexibility index (Phi) is 2.39. The Morgan fingerprint density at radius 2 is 2.07 bits per heavy atom. The van der Waals surface area contributed by atoms with Gasteiger partial charge in [0.25, 0.3) is 0 Å². The smallest absolute Gasteiger partial charge is 0.342 e. The highest BCUT2D eigenvalue weighted by Gasteiger charge is 2.22. The molecule has 0 amide bonds. The average Bonchev–Trinajstić information content (AvgIpc) is 2.61. The number of carboxylic acid groups (broad SMARTS) is 1. The van der Waals surface area contributed by atoms with Crippen LogP contribution in [0.15, 0.2) is 29.0 Å². The first-order chi connectivity index (χ1) is 7.20. The van der Waals surface area contributed by atoms with Gasteiger partial charge < -0.3 is 9.63 Å². The van der Waals surface area contributed by atoms with Gasteiger partial charge in [-0.15, -0.1) is 0 Å². The van der Waals surface area contributed by atoms with Crippen molar-refractivity contribution < 1.29 is 14.4 Å². The maximum absolute atomic E-state index is 10.9. The zero-order valence-corrected chi connectivity index (χ0v) is 8.10. The summed E-state index contributed by atoms with van der Waals surface area (Å²) in [6, 6.07) is 3.23. The quantitative estimate of drug-likeness (QED) is 0.845. The van der Waals surface area contributed by atoms with E-state index >= 15 is 0 Å². The molecule has 5 nitrogen and oxygen atoms in total. The zero-order valence-electron chi connectivity index (χ0n) is 7.35. The minimum atomic E-state index is -1.17. The predicted octanol–water partition coefficient (Wildman–Crippen LogP) is 2.09. The van der Waals surface area contributed by atoms with E-state index in [0.29, 0.717) is 5.56 Å². The number of hydrogen-bond acceptors (Lipinski definition) is 4. The van der Waals surface area contributed by atoms with Crippen LogP contribution >= 0.6 is 11.6 Å². The van der Waals surface area contributed by atoms with Crippen LogP contribution < -0.4 is 0 Å². The molecule has 2 rings (SSSR count). The molecule has 15 heavy (non-hydrogen) atoms. The average molecular weight is 225 g/mol. The summed E-state index contributed by atoms with van der Waals surface area (Å²) in [6.07, 6.45) is 3.05. The van der Waals surface area contributed by atoms with Gasteiger partial charge in [-0.1, -0.05) is 16.8 Å². The van der Waals surface area contributed by atoms with Crippen LogP contribution in [-0.2, 0) is 0 Å². The Morgan fingerprint density at radius 1 is 1.40 bits per heavy atom. The Labute approximate surface area is 89.3 Å². The Balaban J connectivity index is 2.59. The summed E-state index contributed by atoms with van der Waals surface area (Å²) in [4.78, 5) is 14.7. The van der Waals surface area contributed by atoms with E-state index in [0.717, 1.165) is 0 Å². The molecule has 0 aromatic carbocycles. The van der Waals surface area contributed by atoms with Gasteiger partial charge >= 0.3 is 5.97 Å². The van der Waals surface area contributed by atoms with Crippen molar-refractivity contribution in [3.63, 3.8) is 0 Å².